The number of hydrogen-bond donors (Lipinski definition) is 1. The van der Waals surface area contributed by atoms with Crippen molar-refractivity contribution in [3.05, 3.63) is 10.6 Å². The van der Waals surface area contributed by atoms with Gasteiger partial charge in [-0.25, -0.2) is 4.98 Å². The average Bonchev–Trinajstić information content (AvgIpc) is 2.84. The maximum absolute atomic E-state index is 5.83. The normalized spacial score (nSPS) is 17.1. The second kappa shape index (κ2) is 7.22. The first-order valence-corrected chi connectivity index (χ1v) is 8.26. The van der Waals surface area contributed by atoms with Crippen LogP contribution in [0, 0.1) is 0 Å². The Labute approximate surface area is 120 Å². The summed E-state index contributed by atoms with van der Waals surface area (Å²) < 4.78 is 0. The van der Waals surface area contributed by atoms with Crippen LogP contribution in [-0.4, -0.2) is 42.6 Å². The van der Waals surface area contributed by atoms with Gasteiger partial charge in [-0.2, -0.15) is 0 Å². The number of thiazole rings is 1. The molecule has 0 spiro atoms. The van der Waals surface area contributed by atoms with Gasteiger partial charge in [-0.15, -0.1) is 11.3 Å². The van der Waals surface area contributed by atoms with Crippen molar-refractivity contribution in [3.8, 4) is 0 Å². The van der Waals surface area contributed by atoms with Crippen LogP contribution in [0.4, 0.5) is 5.13 Å². The van der Waals surface area contributed by atoms with E-state index in [9.17, 15) is 0 Å². The summed E-state index contributed by atoms with van der Waals surface area (Å²) in [6, 6.07) is 0. The van der Waals surface area contributed by atoms with Gasteiger partial charge in [0, 0.05) is 37.6 Å². The molecule has 0 amide bonds. The molecule has 1 fully saturated rings. The Hall–Kier alpha value is -0.650. The summed E-state index contributed by atoms with van der Waals surface area (Å²) in [4.78, 5) is 11.1. The summed E-state index contributed by atoms with van der Waals surface area (Å²) in [6.45, 7) is 10.8. The summed E-state index contributed by atoms with van der Waals surface area (Å²) in [5.41, 5.74) is 7.05. The second-order valence-electron chi connectivity index (χ2n) is 5.15. The number of rotatable bonds is 6. The molecule has 1 aliphatic heterocycles. The van der Waals surface area contributed by atoms with E-state index in [2.05, 4.69) is 23.6 Å². The lowest BCUT2D eigenvalue weighted by molar-refractivity contribution is 0.258. The molecule has 0 aliphatic carbocycles. The van der Waals surface area contributed by atoms with E-state index in [4.69, 9.17) is 10.7 Å². The molecule has 4 nitrogen and oxygen atoms in total. The summed E-state index contributed by atoms with van der Waals surface area (Å²) in [6.07, 6.45) is 3.44. The molecule has 0 bridgehead atoms. The SMILES string of the molecule is CCCc1nc(N2CCN(CCC)CC2)sc1CN. The number of nitrogens with zero attached hydrogens (tertiary/aromatic N) is 3. The molecule has 0 atom stereocenters. The lowest BCUT2D eigenvalue weighted by atomic mass is 10.2. The van der Waals surface area contributed by atoms with Crippen molar-refractivity contribution < 1.29 is 0 Å². The Morgan fingerprint density at radius 3 is 2.47 bits per heavy atom. The minimum atomic E-state index is 0.628. The minimum absolute atomic E-state index is 0.628. The van der Waals surface area contributed by atoms with Gasteiger partial charge in [0.2, 0.25) is 0 Å². The molecule has 0 radical (unpaired) electrons. The number of hydrogen-bond acceptors (Lipinski definition) is 5. The number of anilines is 1. The quantitative estimate of drug-likeness (QED) is 0.868. The number of piperazine rings is 1. The highest BCUT2D eigenvalue weighted by atomic mass is 32.1. The number of aromatic nitrogens is 1. The minimum Gasteiger partial charge on any atom is -0.346 e. The van der Waals surface area contributed by atoms with Crippen LogP contribution in [0.5, 0.6) is 0 Å². The van der Waals surface area contributed by atoms with E-state index in [1.54, 1.807) is 11.3 Å². The molecular weight excluding hydrogens is 256 g/mol. The zero-order valence-electron chi connectivity index (χ0n) is 12.2. The van der Waals surface area contributed by atoms with E-state index in [-0.39, 0.29) is 0 Å². The van der Waals surface area contributed by atoms with E-state index < -0.39 is 0 Å². The summed E-state index contributed by atoms with van der Waals surface area (Å²) in [5, 5.41) is 1.18. The van der Waals surface area contributed by atoms with Crippen LogP contribution < -0.4 is 10.6 Å². The van der Waals surface area contributed by atoms with Crippen LogP contribution in [-0.2, 0) is 13.0 Å². The van der Waals surface area contributed by atoms with Gasteiger partial charge < -0.3 is 10.6 Å². The van der Waals surface area contributed by atoms with Gasteiger partial charge in [0.1, 0.15) is 0 Å². The van der Waals surface area contributed by atoms with Crippen molar-refractivity contribution >= 4 is 16.5 Å². The van der Waals surface area contributed by atoms with Crippen LogP contribution in [0.3, 0.4) is 0 Å². The molecule has 2 rings (SSSR count). The van der Waals surface area contributed by atoms with Crippen LogP contribution in [0.1, 0.15) is 37.3 Å². The highest BCUT2D eigenvalue weighted by Crippen LogP contribution is 2.27. The van der Waals surface area contributed by atoms with Gasteiger partial charge in [-0.05, 0) is 19.4 Å². The zero-order chi connectivity index (χ0) is 13.7. The maximum Gasteiger partial charge on any atom is 0.185 e. The smallest absolute Gasteiger partial charge is 0.185 e. The Bertz CT molecular complexity index is 383. The van der Waals surface area contributed by atoms with Gasteiger partial charge in [0.15, 0.2) is 5.13 Å². The van der Waals surface area contributed by atoms with Crippen molar-refractivity contribution in [2.45, 2.75) is 39.7 Å². The first kappa shape index (κ1) is 14.8. The third-order valence-corrected chi connectivity index (χ3v) is 4.80. The van der Waals surface area contributed by atoms with E-state index in [1.165, 1.54) is 28.7 Å². The molecule has 2 N–H and O–H groups in total. The second-order valence-corrected chi connectivity index (χ2v) is 6.21. The van der Waals surface area contributed by atoms with Gasteiger partial charge in [-0.1, -0.05) is 20.3 Å². The molecule has 1 aromatic heterocycles. The molecule has 0 aromatic carbocycles. The maximum atomic E-state index is 5.83. The number of nitrogens with two attached hydrogens (primary N) is 1. The van der Waals surface area contributed by atoms with Gasteiger partial charge >= 0.3 is 0 Å². The van der Waals surface area contributed by atoms with Gasteiger partial charge in [-0.3, -0.25) is 4.90 Å². The molecule has 108 valence electrons. The summed E-state index contributed by atoms with van der Waals surface area (Å²) in [5.74, 6) is 0. The highest BCUT2D eigenvalue weighted by Gasteiger charge is 2.20. The van der Waals surface area contributed by atoms with E-state index >= 15 is 0 Å². The van der Waals surface area contributed by atoms with Crippen LogP contribution >= 0.6 is 11.3 Å². The van der Waals surface area contributed by atoms with Gasteiger partial charge in [0.05, 0.1) is 5.69 Å². The van der Waals surface area contributed by atoms with Crippen molar-refractivity contribution in [3.63, 3.8) is 0 Å². The van der Waals surface area contributed by atoms with E-state index in [0.29, 0.717) is 6.54 Å². The fraction of sp³-hybridized carbons (Fsp3) is 0.786. The standard InChI is InChI=1S/C14H26N4S/c1-3-5-12-13(11-15)19-14(16-12)18-9-7-17(6-4-2)8-10-18/h3-11,15H2,1-2H3. The molecule has 1 aromatic rings. The summed E-state index contributed by atoms with van der Waals surface area (Å²) in [7, 11) is 0. The zero-order valence-corrected chi connectivity index (χ0v) is 13.0. The van der Waals surface area contributed by atoms with Crippen molar-refractivity contribution in [2.24, 2.45) is 5.73 Å². The third-order valence-electron chi connectivity index (χ3n) is 3.62. The average molecular weight is 282 g/mol. The van der Waals surface area contributed by atoms with E-state index in [0.717, 1.165) is 39.0 Å². The molecule has 2 heterocycles. The third kappa shape index (κ3) is 3.68. The van der Waals surface area contributed by atoms with Gasteiger partial charge in [0.25, 0.3) is 0 Å². The van der Waals surface area contributed by atoms with E-state index in [1.807, 2.05) is 0 Å². The van der Waals surface area contributed by atoms with Crippen molar-refractivity contribution in [1.29, 1.82) is 0 Å². The highest BCUT2D eigenvalue weighted by molar-refractivity contribution is 7.15. The first-order chi connectivity index (χ1) is 9.28. The number of aryl methyl sites for hydroxylation is 1. The van der Waals surface area contributed by atoms with Crippen LogP contribution in [0.2, 0.25) is 0 Å². The first-order valence-electron chi connectivity index (χ1n) is 7.44. The van der Waals surface area contributed by atoms with Crippen LogP contribution in [0.25, 0.3) is 0 Å². The molecule has 1 aliphatic rings. The molecule has 1 saturated heterocycles. The fourth-order valence-corrected chi connectivity index (χ4v) is 3.61. The Morgan fingerprint density at radius 2 is 1.89 bits per heavy atom. The molecule has 0 unspecified atom stereocenters. The lowest BCUT2D eigenvalue weighted by Crippen LogP contribution is -2.46. The Morgan fingerprint density at radius 1 is 1.16 bits per heavy atom. The largest absolute Gasteiger partial charge is 0.346 e. The van der Waals surface area contributed by atoms with Crippen molar-refractivity contribution in [2.75, 3.05) is 37.6 Å². The molecule has 0 saturated carbocycles. The molecule has 5 heteroatoms. The fourth-order valence-electron chi connectivity index (χ4n) is 2.58. The van der Waals surface area contributed by atoms with Crippen LogP contribution in [0.15, 0.2) is 0 Å². The molecular formula is C14H26N4S. The Kier molecular flexibility index (Phi) is 5.60. The predicted molar refractivity (Wildman–Crippen MR) is 82.9 cm³/mol. The predicted octanol–water partition coefficient (Wildman–Crippen LogP) is 2.09. The van der Waals surface area contributed by atoms with Crippen molar-refractivity contribution in [1.82, 2.24) is 9.88 Å². The Balaban J connectivity index is 1.99. The lowest BCUT2D eigenvalue weighted by Gasteiger charge is -2.34. The topological polar surface area (TPSA) is 45.4 Å². The summed E-state index contributed by atoms with van der Waals surface area (Å²) >= 11 is 1.79. The molecule has 19 heavy (non-hydrogen) atoms. The monoisotopic (exact) mass is 282 g/mol.